The summed E-state index contributed by atoms with van der Waals surface area (Å²) in [5, 5.41) is 0. The fourth-order valence-corrected chi connectivity index (χ4v) is 3.75. The molecule has 4 heterocycles. The van der Waals surface area contributed by atoms with E-state index in [9.17, 15) is 50.4 Å². The van der Waals surface area contributed by atoms with Crippen LogP contribution in [0.3, 0.4) is 0 Å². The van der Waals surface area contributed by atoms with Gasteiger partial charge in [0.15, 0.2) is 49.6 Å². The maximum absolute atomic E-state index is 10.7. The van der Waals surface area contributed by atoms with E-state index < -0.39 is 15.6 Å². The SMILES string of the molecule is C[n+]1ccc(-c2cc[n+](CCCCC[n+]3ccc(-c4cc[n+](C)cc4)cc3)cc2)cc1.F[P-](F)(F)(F)(F)F.F[P-](F)(F)(F)(F)F.[I-].[I-]. The monoisotopic (exact) mass is 956 g/mol. The van der Waals surface area contributed by atoms with Gasteiger partial charge in [0.1, 0.15) is 27.2 Å². The van der Waals surface area contributed by atoms with Crippen molar-refractivity contribution in [1.82, 2.24) is 0 Å². The topological polar surface area (TPSA) is 15.5 Å². The Morgan fingerprint density at radius 1 is 0.383 bits per heavy atom. The molecule has 0 amide bonds. The van der Waals surface area contributed by atoms with Gasteiger partial charge in [-0.15, -0.1) is 0 Å². The summed E-state index contributed by atoms with van der Waals surface area (Å²) in [6.45, 7) is 2.14. The summed E-state index contributed by atoms with van der Waals surface area (Å²) in [4.78, 5) is 0. The van der Waals surface area contributed by atoms with E-state index >= 15 is 0 Å². The molecule has 0 aliphatic rings. The number of unbranched alkanes of at least 4 members (excludes halogenated alkanes) is 2. The predicted molar refractivity (Wildman–Crippen MR) is 147 cm³/mol. The van der Waals surface area contributed by atoms with Crippen molar-refractivity contribution in [2.75, 3.05) is 0 Å². The van der Waals surface area contributed by atoms with Crippen LogP contribution in [0.15, 0.2) is 98.1 Å². The largest absolute Gasteiger partial charge is 1.00 e. The van der Waals surface area contributed by atoms with Crippen LogP contribution >= 0.6 is 15.6 Å². The molecule has 0 radical (unpaired) electrons. The molecule has 0 bridgehead atoms. The molecule has 0 aliphatic heterocycles. The van der Waals surface area contributed by atoms with Crippen molar-refractivity contribution in [3.05, 3.63) is 98.1 Å². The van der Waals surface area contributed by atoms with Crippen LogP contribution < -0.4 is 66.2 Å². The number of nitrogens with zero attached hydrogens (tertiary/aromatic N) is 4. The van der Waals surface area contributed by atoms with E-state index in [2.05, 4.69) is 116 Å². The minimum atomic E-state index is -10.7. The Morgan fingerprint density at radius 3 is 0.787 bits per heavy atom. The second-order valence-electron chi connectivity index (χ2n) is 10.1. The summed E-state index contributed by atoms with van der Waals surface area (Å²) >= 11 is 0. The average Bonchev–Trinajstić information content (AvgIpc) is 2.87. The van der Waals surface area contributed by atoms with Gasteiger partial charge in [-0.1, -0.05) is 0 Å². The molecule has 4 rings (SSSR count). The molecule has 0 unspecified atom stereocenters. The second-order valence-corrected chi connectivity index (χ2v) is 14.0. The van der Waals surface area contributed by atoms with Crippen LogP contribution in [0.2, 0.25) is 0 Å². The molecule has 4 aromatic heterocycles. The summed E-state index contributed by atoms with van der Waals surface area (Å²) < 4.78 is 127. The van der Waals surface area contributed by atoms with Gasteiger partial charge in [-0.05, 0) is 28.7 Å². The number of hydrogen-bond acceptors (Lipinski definition) is 0. The standard InChI is InChI=1S/C27H32N4.2F6P.2HI/c1-28-16-6-24(7-17-28)26-10-20-30(21-11-26)14-4-3-5-15-31-22-12-27(13-23-31)25-8-18-29(2)19-9-25;2*1-7(2,3,4,5)6;;/h6-13,16-23H,3-5,14-15H2,1-2H3;;;2*1H/q+4;2*-1;;/p-2. The van der Waals surface area contributed by atoms with Crippen molar-refractivity contribution in [2.24, 2.45) is 14.1 Å². The van der Waals surface area contributed by atoms with Crippen molar-refractivity contribution in [1.29, 1.82) is 0 Å². The van der Waals surface area contributed by atoms with E-state index in [1.54, 1.807) is 0 Å². The zero-order valence-electron chi connectivity index (χ0n) is 24.7. The normalized spacial score (nSPS) is 14.1. The van der Waals surface area contributed by atoms with E-state index in [-0.39, 0.29) is 48.0 Å². The summed E-state index contributed by atoms with van der Waals surface area (Å²) in [6.07, 6.45) is 20.8. The molecule has 268 valence electrons. The molecule has 0 N–H and O–H groups in total. The van der Waals surface area contributed by atoms with Crippen LogP contribution in [-0.2, 0) is 27.2 Å². The maximum Gasteiger partial charge on any atom is -1.00 e. The summed E-state index contributed by atoms with van der Waals surface area (Å²) in [5.74, 6) is 0. The van der Waals surface area contributed by atoms with Crippen LogP contribution in [0.4, 0.5) is 50.4 Å². The quantitative estimate of drug-likeness (QED) is 0.0840. The molecule has 0 aliphatic carbocycles. The van der Waals surface area contributed by atoms with Gasteiger partial charge in [-0.2, -0.15) is 0 Å². The van der Waals surface area contributed by atoms with Crippen molar-refractivity contribution in [3.63, 3.8) is 0 Å². The van der Waals surface area contributed by atoms with Crippen molar-refractivity contribution in [3.8, 4) is 22.3 Å². The third-order valence-corrected chi connectivity index (χ3v) is 5.74. The Balaban J connectivity index is 0.00000112. The van der Waals surface area contributed by atoms with Gasteiger partial charge in [-0.25, -0.2) is 18.3 Å². The number of hydrogen-bond donors (Lipinski definition) is 0. The van der Waals surface area contributed by atoms with Gasteiger partial charge in [0.05, 0.1) is 0 Å². The molecular weight excluding hydrogens is 924 g/mol. The first kappa shape index (κ1) is 45.1. The van der Waals surface area contributed by atoms with Gasteiger partial charge in [0, 0.05) is 61.4 Å². The van der Waals surface area contributed by atoms with Gasteiger partial charge in [0.25, 0.3) is 0 Å². The summed E-state index contributed by atoms with van der Waals surface area (Å²) in [6, 6.07) is 17.5. The summed E-state index contributed by atoms with van der Waals surface area (Å²) in [7, 11) is -17.2. The van der Waals surface area contributed by atoms with Crippen LogP contribution in [0.25, 0.3) is 22.3 Å². The Morgan fingerprint density at radius 2 is 0.574 bits per heavy atom. The zero-order valence-corrected chi connectivity index (χ0v) is 30.9. The Labute approximate surface area is 297 Å². The second kappa shape index (κ2) is 15.3. The van der Waals surface area contributed by atoms with Gasteiger partial charge >= 0.3 is 66.0 Å². The maximum atomic E-state index is 9.87. The van der Waals surface area contributed by atoms with Crippen LogP contribution in [0, 0.1) is 0 Å². The predicted octanol–water partition coefficient (Wildman–Crippen LogP) is 3.89. The first-order chi connectivity index (χ1) is 20.1. The zero-order chi connectivity index (χ0) is 34.3. The minimum absolute atomic E-state index is 0. The molecule has 0 spiro atoms. The molecule has 4 aromatic rings. The molecule has 0 saturated carbocycles. The van der Waals surface area contributed by atoms with Crippen molar-refractivity contribution < 1.29 is 117 Å². The Hall–Kier alpha value is -1.92. The van der Waals surface area contributed by atoms with Crippen LogP contribution in [0.1, 0.15) is 19.3 Å². The molecule has 4 nitrogen and oxygen atoms in total. The number of halogens is 14. The van der Waals surface area contributed by atoms with Gasteiger partial charge in [0.2, 0.25) is 0 Å². The molecule has 47 heavy (non-hydrogen) atoms. The number of aryl methyl sites for hydroxylation is 4. The van der Waals surface area contributed by atoms with Gasteiger partial charge < -0.3 is 48.0 Å². The molecule has 0 atom stereocenters. The number of aromatic nitrogens is 4. The Bertz CT molecular complexity index is 1400. The fraction of sp³-hybridized carbons (Fsp3) is 0.259. The molecule has 0 fully saturated rings. The third kappa shape index (κ3) is 26.7. The molecular formula is C27H32F12I2N4P2. The van der Waals surface area contributed by atoms with E-state index in [1.807, 2.05) is 14.1 Å². The van der Waals surface area contributed by atoms with Crippen molar-refractivity contribution >= 4 is 15.6 Å². The third-order valence-electron chi connectivity index (χ3n) is 5.74. The van der Waals surface area contributed by atoms with E-state index in [0.29, 0.717) is 0 Å². The molecule has 20 heteroatoms. The fourth-order valence-electron chi connectivity index (χ4n) is 3.75. The average molecular weight is 956 g/mol. The number of pyridine rings is 4. The summed E-state index contributed by atoms with van der Waals surface area (Å²) in [5.41, 5.74) is 5.05. The van der Waals surface area contributed by atoms with Gasteiger partial charge in [-0.3, -0.25) is 0 Å². The van der Waals surface area contributed by atoms with E-state index in [4.69, 9.17) is 0 Å². The van der Waals surface area contributed by atoms with E-state index in [1.165, 1.54) is 41.5 Å². The minimum Gasteiger partial charge on any atom is -1.00 e. The van der Waals surface area contributed by atoms with Crippen LogP contribution in [0.5, 0.6) is 0 Å². The van der Waals surface area contributed by atoms with Crippen LogP contribution in [-0.4, -0.2) is 0 Å². The van der Waals surface area contributed by atoms with E-state index in [0.717, 1.165) is 13.1 Å². The first-order valence-electron chi connectivity index (χ1n) is 13.1. The number of rotatable bonds is 8. The first-order valence-corrected chi connectivity index (χ1v) is 17.2. The molecule has 0 saturated heterocycles. The molecule has 0 aromatic carbocycles. The smallest absolute Gasteiger partial charge is 1.00 e. The van der Waals surface area contributed by atoms with Crippen molar-refractivity contribution in [2.45, 2.75) is 32.4 Å². The Kier molecular flexibility index (Phi) is 14.7.